The minimum Gasteiger partial charge on any atom is -0.369 e. The monoisotopic (exact) mass is 459 g/mol. The largest absolute Gasteiger partial charge is 0.369 e. The summed E-state index contributed by atoms with van der Waals surface area (Å²) in [6.07, 6.45) is 0.718. The average Bonchev–Trinajstić information content (AvgIpc) is 2.78. The fraction of sp³-hybridized carbons (Fsp3) is 0.364. The number of nitro benzene ring substituents is 1. The maximum absolute atomic E-state index is 12.1. The van der Waals surface area contributed by atoms with E-state index in [-0.39, 0.29) is 11.4 Å². The van der Waals surface area contributed by atoms with Gasteiger partial charge in [0.25, 0.3) is 5.69 Å². The molecule has 0 aliphatic carbocycles. The van der Waals surface area contributed by atoms with E-state index in [0.29, 0.717) is 12.1 Å². The van der Waals surface area contributed by atoms with Crippen LogP contribution in [0.1, 0.15) is 12.0 Å². The van der Waals surface area contributed by atoms with Gasteiger partial charge in [-0.15, -0.1) is 0 Å². The second-order valence-corrected chi connectivity index (χ2v) is 8.06. The molecule has 170 valence electrons. The van der Waals surface area contributed by atoms with E-state index in [1.165, 1.54) is 18.2 Å². The van der Waals surface area contributed by atoms with Crippen molar-refractivity contribution < 1.29 is 14.5 Å². The predicted molar refractivity (Wildman–Crippen MR) is 124 cm³/mol. The molecule has 9 nitrogen and oxygen atoms in total. The van der Waals surface area contributed by atoms with Gasteiger partial charge in [0.1, 0.15) is 0 Å². The first-order valence-corrected chi connectivity index (χ1v) is 10.8. The molecule has 2 aromatic rings. The lowest BCUT2D eigenvalue weighted by Gasteiger charge is -2.36. The van der Waals surface area contributed by atoms with Crippen LogP contribution in [0.25, 0.3) is 0 Å². The van der Waals surface area contributed by atoms with Gasteiger partial charge in [0.2, 0.25) is 0 Å². The Morgan fingerprint density at radius 3 is 2.41 bits per heavy atom. The number of aryl methyl sites for hydroxylation is 1. The van der Waals surface area contributed by atoms with Gasteiger partial charge >= 0.3 is 11.8 Å². The summed E-state index contributed by atoms with van der Waals surface area (Å²) in [5, 5.41) is 16.7. The number of carbonyl (C=O) groups is 2. The summed E-state index contributed by atoms with van der Waals surface area (Å²) in [6.45, 7) is 6.56. The number of nitro groups is 1. The van der Waals surface area contributed by atoms with Crippen LogP contribution in [0.3, 0.4) is 0 Å². The van der Waals surface area contributed by atoms with Gasteiger partial charge in [-0.1, -0.05) is 17.7 Å². The number of benzene rings is 2. The zero-order valence-corrected chi connectivity index (χ0v) is 18.6. The molecule has 0 radical (unpaired) electrons. The second-order valence-electron chi connectivity index (χ2n) is 7.63. The Morgan fingerprint density at radius 1 is 1.06 bits per heavy atom. The van der Waals surface area contributed by atoms with Gasteiger partial charge in [-0.3, -0.25) is 24.6 Å². The summed E-state index contributed by atoms with van der Waals surface area (Å²) in [6, 6.07) is 11.9. The summed E-state index contributed by atoms with van der Waals surface area (Å²) in [7, 11) is 0. The van der Waals surface area contributed by atoms with Crippen LogP contribution in [-0.2, 0) is 9.59 Å². The first-order valence-electron chi connectivity index (χ1n) is 10.4. The van der Waals surface area contributed by atoms with Crippen LogP contribution in [0.2, 0.25) is 5.02 Å². The van der Waals surface area contributed by atoms with Gasteiger partial charge in [0.05, 0.1) is 10.6 Å². The molecule has 2 N–H and O–H groups in total. The predicted octanol–water partition coefficient (Wildman–Crippen LogP) is 2.82. The zero-order chi connectivity index (χ0) is 23.1. The van der Waals surface area contributed by atoms with E-state index < -0.39 is 16.7 Å². The van der Waals surface area contributed by atoms with Crippen molar-refractivity contribution in [2.45, 2.75) is 13.3 Å². The third kappa shape index (κ3) is 6.41. The van der Waals surface area contributed by atoms with Gasteiger partial charge in [0.15, 0.2) is 0 Å². The third-order valence-electron chi connectivity index (χ3n) is 5.39. The summed E-state index contributed by atoms with van der Waals surface area (Å²) in [4.78, 5) is 39.2. The van der Waals surface area contributed by atoms with E-state index in [9.17, 15) is 19.7 Å². The molecule has 0 aromatic heterocycles. The molecule has 1 heterocycles. The SMILES string of the molecule is Cc1ccc([N+](=O)[O-])cc1NC(=O)C(=O)NCCCN1CCN(c2ccc(Cl)cc2)CC1. The van der Waals surface area contributed by atoms with Crippen molar-refractivity contribution in [3.63, 3.8) is 0 Å². The molecular formula is C22H26ClN5O4. The van der Waals surface area contributed by atoms with E-state index in [2.05, 4.69) is 20.4 Å². The molecule has 0 saturated carbocycles. The van der Waals surface area contributed by atoms with E-state index in [0.717, 1.165) is 49.9 Å². The molecule has 1 fully saturated rings. The number of hydrogen-bond acceptors (Lipinski definition) is 6. The molecule has 0 bridgehead atoms. The molecule has 2 amide bonds. The topological polar surface area (TPSA) is 108 Å². The molecule has 0 atom stereocenters. The molecular weight excluding hydrogens is 434 g/mol. The maximum atomic E-state index is 12.1. The third-order valence-corrected chi connectivity index (χ3v) is 5.64. The lowest BCUT2D eigenvalue weighted by molar-refractivity contribution is -0.384. The molecule has 1 saturated heterocycles. The maximum Gasteiger partial charge on any atom is 0.313 e. The number of amides is 2. The molecule has 2 aromatic carbocycles. The van der Waals surface area contributed by atoms with E-state index in [1.54, 1.807) is 6.92 Å². The highest BCUT2D eigenvalue weighted by Gasteiger charge is 2.18. The lowest BCUT2D eigenvalue weighted by atomic mass is 10.2. The number of nitrogens with one attached hydrogen (secondary N) is 2. The van der Waals surface area contributed by atoms with Gasteiger partial charge in [0, 0.05) is 55.6 Å². The summed E-state index contributed by atoms with van der Waals surface area (Å²) in [5.74, 6) is -1.60. The Labute approximate surface area is 191 Å². The van der Waals surface area contributed by atoms with Crippen molar-refractivity contribution in [3.8, 4) is 0 Å². The van der Waals surface area contributed by atoms with Crippen molar-refractivity contribution in [2.75, 3.05) is 49.5 Å². The number of halogens is 1. The first-order chi connectivity index (χ1) is 15.3. The highest BCUT2D eigenvalue weighted by atomic mass is 35.5. The normalized spacial score (nSPS) is 14.1. The van der Waals surface area contributed by atoms with Gasteiger partial charge < -0.3 is 15.5 Å². The zero-order valence-electron chi connectivity index (χ0n) is 17.8. The fourth-order valence-corrected chi connectivity index (χ4v) is 3.63. The van der Waals surface area contributed by atoms with Crippen LogP contribution in [-0.4, -0.2) is 60.9 Å². The first kappa shape index (κ1) is 23.5. The van der Waals surface area contributed by atoms with E-state index in [4.69, 9.17) is 11.6 Å². The minimum absolute atomic E-state index is 0.150. The Kier molecular flexibility index (Phi) is 8.02. The molecule has 1 aliphatic heterocycles. The number of carbonyl (C=O) groups excluding carboxylic acids is 2. The van der Waals surface area contributed by atoms with Crippen molar-refractivity contribution in [2.24, 2.45) is 0 Å². The fourth-order valence-electron chi connectivity index (χ4n) is 3.50. The van der Waals surface area contributed by atoms with Crippen molar-refractivity contribution in [1.82, 2.24) is 10.2 Å². The van der Waals surface area contributed by atoms with Crippen LogP contribution < -0.4 is 15.5 Å². The van der Waals surface area contributed by atoms with E-state index in [1.807, 2.05) is 24.3 Å². The summed E-state index contributed by atoms with van der Waals surface area (Å²) in [5.41, 5.74) is 1.89. The summed E-state index contributed by atoms with van der Waals surface area (Å²) >= 11 is 5.95. The Morgan fingerprint density at radius 2 is 1.75 bits per heavy atom. The second kappa shape index (κ2) is 10.9. The highest BCUT2D eigenvalue weighted by Crippen LogP contribution is 2.22. The number of anilines is 2. The number of nitrogens with zero attached hydrogens (tertiary/aromatic N) is 3. The molecule has 0 spiro atoms. The van der Waals surface area contributed by atoms with Crippen LogP contribution >= 0.6 is 11.6 Å². The van der Waals surface area contributed by atoms with Crippen LogP contribution in [0.4, 0.5) is 17.1 Å². The standard InChI is InChI=1S/C22H26ClN5O4/c1-16-3-6-19(28(31)32)15-20(16)25-22(30)21(29)24-9-2-10-26-11-13-27(14-12-26)18-7-4-17(23)5-8-18/h3-8,15H,2,9-14H2,1H3,(H,24,29)(H,25,30). The molecule has 1 aliphatic rings. The van der Waals surface area contributed by atoms with Crippen molar-refractivity contribution >= 4 is 40.5 Å². The van der Waals surface area contributed by atoms with Gasteiger partial charge in [-0.2, -0.15) is 0 Å². The minimum atomic E-state index is -0.842. The average molecular weight is 460 g/mol. The van der Waals surface area contributed by atoms with Gasteiger partial charge in [-0.05, 0) is 49.7 Å². The Bertz CT molecular complexity index is 975. The number of rotatable bonds is 7. The van der Waals surface area contributed by atoms with Crippen LogP contribution in [0, 0.1) is 17.0 Å². The smallest absolute Gasteiger partial charge is 0.313 e. The quantitative estimate of drug-likeness (QED) is 0.285. The van der Waals surface area contributed by atoms with Crippen LogP contribution in [0.15, 0.2) is 42.5 Å². The number of piperazine rings is 1. The number of hydrogen-bond donors (Lipinski definition) is 2. The Hall–Kier alpha value is -3.17. The Balaban J connectivity index is 1.36. The summed E-state index contributed by atoms with van der Waals surface area (Å²) < 4.78 is 0. The molecule has 10 heteroatoms. The molecule has 0 unspecified atom stereocenters. The van der Waals surface area contributed by atoms with Crippen molar-refractivity contribution in [1.29, 1.82) is 0 Å². The van der Waals surface area contributed by atoms with Gasteiger partial charge in [-0.25, -0.2) is 0 Å². The molecule has 32 heavy (non-hydrogen) atoms. The molecule has 3 rings (SSSR count). The highest BCUT2D eigenvalue weighted by molar-refractivity contribution is 6.39. The van der Waals surface area contributed by atoms with Crippen LogP contribution in [0.5, 0.6) is 0 Å². The lowest BCUT2D eigenvalue weighted by Crippen LogP contribution is -2.47. The van der Waals surface area contributed by atoms with Crippen molar-refractivity contribution in [3.05, 3.63) is 63.2 Å². The van der Waals surface area contributed by atoms with E-state index >= 15 is 0 Å². The number of non-ortho nitro benzene ring substituents is 1.